The Hall–Kier alpha value is -3.47. The molecule has 0 saturated carbocycles. The molecule has 3 aromatic rings. The highest BCUT2D eigenvalue weighted by molar-refractivity contribution is 6.12. The average molecular weight is 347 g/mol. The quantitative estimate of drug-likeness (QED) is 0.508. The third-order valence-corrected chi connectivity index (χ3v) is 3.93. The summed E-state index contributed by atoms with van der Waals surface area (Å²) in [6.45, 7) is 2.02. The van der Waals surface area contributed by atoms with Crippen molar-refractivity contribution < 1.29 is 18.3 Å². The monoisotopic (exact) mass is 347 g/mol. The summed E-state index contributed by atoms with van der Waals surface area (Å²) in [4.78, 5) is 16.2. The van der Waals surface area contributed by atoms with Crippen molar-refractivity contribution in [2.24, 2.45) is 4.99 Å². The van der Waals surface area contributed by atoms with Gasteiger partial charge in [0, 0.05) is 17.2 Å². The number of carbonyl (C=O) groups excluding carboxylic acids is 1. The number of aryl methyl sites for hydroxylation is 1. The van der Waals surface area contributed by atoms with Crippen LogP contribution in [0.2, 0.25) is 0 Å². The summed E-state index contributed by atoms with van der Waals surface area (Å²) in [6, 6.07) is 17.2. The van der Waals surface area contributed by atoms with E-state index in [0.717, 1.165) is 11.1 Å². The summed E-state index contributed by atoms with van der Waals surface area (Å²) in [7, 11) is 0. The largest absolute Gasteiger partial charge is 0.457 e. The number of nitrogens with zero attached hydrogens (tertiary/aromatic N) is 1. The first kappa shape index (κ1) is 16.0. The molecule has 4 rings (SSSR count). The molecular formula is C21H14FNO3. The minimum absolute atomic E-state index is 0.0751. The number of aliphatic imine (C=N–C) groups is 1. The number of furan rings is 1. The number of hydrogen-bond donors (Lipinski definition) is 0. The predicted molar refractivity (Wildman–Crippen MR) is 95.9 cm³/mol. The lowest BCUT2D eigenvalue weighted by Gasteiger charge is -1.98. The number of halogens is 1. The van der Waals surface area contributed by atoms with Gasteiger partial charge in [0.25, 0.3) is 0 Å². The van der Waals surface area contributed by atoms with E-state index in [9.17, 15) is 9.18 Å². The second-order valence-corrected chi connectivity index (χ2v) is 5.91. The number of rotatable bonds is 3. The number of carbonyl (C=O) groups is 1. The molecule has 0 N–H and O–H groups in total. The number of esters is 1. The van der Waals surface area contributed by atoms with Crippen LogP contribution < -0.4 is 0 Å². The van der Waals surface area contributed by atoms with Crippen LogP contribution in [0.4, 0.5) is 4.39 Å². The normalized spacial score (nSPS) is 15.2. The van der Waals surface area contributed by atoms with Gasteiger partial charge in [0.05, 0.1) is 0 Å². The van der Waals surface area contributed by atoms with Gasteiger partial charge in [-0.3, -0.25) is 0 Å². The number of cyclic esters (lactones) is 1. The molecule has 0 unspecified atom stereocenters. The molecule has 0 atom stereocenters. The standard InChI is InChI=1S/C21H14FNO3/c1-13-5-7-14(8-6-13)19-10-9-17(25-19)12-18-21(24)26-20(23-18)15-3-2-4-16(22)11-15/h2-12H,1H3. The molecule has 2 heterocycles. The van der Waals surface area contributed by atoms with Crippen LogP contribution in [0.3, 0.4) is 0 Å². The Morgan fingerprint density at radius 1 is 1.00 bits per heavy atom. The zero-order valence-electron chi connectivity index (χ0n) is 13.9. The van der Waals surface area contributed by atoms with Crippen LogP contribution in [-0.4, -0.2) is 11.9 Å². The molecule has 1 aromatic heterocycles. The molecule has 0 radical (unpaired) electrons. The average Bonchev–Trinajstić information content (AvgIpc) is 3.23. The van der Waals surface area contributed by atoms with Crippen molar-refractivity contribution in [1.29, 1.82) is 0 Å². The van der Waals surface area contributed by atoms with E-state index in [1.807, 2.05) is 37.3 Å². The van der Waals surface area contributed by atoms with Crippen molar-refractivity contribution in [3.8, 4) is 11.3 Å². The van der Waals surface area contributed by atoms with Crippen molar-refractivity contribution in [2.75, 3.05) is 0 Å². The van der Waals surface area contributed by atoms with Crippen molar-refractivity contribution in [2.45, 2.75) is 6.92 Å². The SMILES string of the molecule is Cc1ccc(-c2ccc(C=C3N=C(c4cccc(F)c4)OC3=O)o2)cc1. The minimum atomic E-state index is -0.599. The lowest BCUT2D eigenvalue weighted by molar-refractivity contribution is -0.129. The van der Waals surface area contributed by atoms with Gasteiger partial charge < -0.3 is 9.15 Å². The van der Waals surface area contributed by atoms with Gasteiger partial charge in [0.15, 0.2) is 5.70 Å². The molecule has 0 saturated heterocycles. The highest BCUT2D eigenvalue weighted by atomic mass is 19.1. The summed E-state index contributed by atoms with van der Waals surface area (Å²) < 4.78 is 24.2. The fraction of sp³-hybridized carbons (Fsp3) is 0.0476. The molecule has 1 aliphatic heterocycles. The smallest absolute Gasteiger partial charge is 0.363 e. The van der Waals surface area contributed by atoms with Gasteiger partial charge in [-0.25, -0.2) is 14.2 Å². The van der Waals surface area contributed by atoms with Gasteiger partial charge in [-0.1, -0.05) is 35.9 Å². The van der Waals surface area contributed by atoms with E-state index in [0.29, 0.717) is 17.1 Å². The molecule has 1 aliphatic rings. The minimum Gasteiger partial charge on any atom is -0.457 e. The summed E-state index contributed by atoms with van der Waals surface area (Å²) >= 11 is 0. The van der Waals surface area contributed by atoms with Crippen LogP contribution in [0.15, 0.2) is 75.8 Å². The third-order valence-electron chi connectivity index (χ3n) is 3.93. The van der Waals surface area contributed by atoms with E-state index >= 15 is 0 Å². The Balaban J connectivity index is 1.62. The maximum atomic E-state index is 13.3. The molecule has 26 heavy (non-hydrogen) atoms. The molecule has 0 amide bonds. The molecule has 0 bridgehead atoms. The van der Waals surface area contributed by atoms with Crippen LogP contribution in [0.25, 0.3) is 17.4 Å². The molecule has 5 heteroatoms. The van der Waals surface area contributed by atoms with Gasteiger partial charge in [-0.2, -0.15) is 0 Å². The van der Waals surface area contributed by atoms with Gasteiger partial charge in [0.1, 0.15) is 17.3 Å². The highest BCUT2D eigenvalue weighted by Gasteiger charge is 2.24. The van der Waals surface area contributed by atoms with Crippen LogP contribution in [-0.2, 0) is 9.53 Å². The second-order valence-electron chi connectivity index (χ2n) is 5.91. The van der Waals surface area contributed by atoms with Crippen molar-refractivity contribution >= 4 is 17.9 Å². The summed E-state index contributed by atoms with van der Waals surface area (Å²) in [5.41, 5.74) is 2.62. The Morgan fingerprint density at radius 3 is 2.58 bits per heavy atom. The van der Waals surface area contributed by atoms with Crippen molar-refractivity contribution in [1.82, 2.24) is 0 Å². The molecule has 128 valence electrons. The zero-order chi connectivity index (χ0) is 18.1. The van der Waals surface area contributed by atoms with Crippen molar-refractivity contribution in [3.63, 3.8) is 0 Å². The van der Waals surface area contributed by atoms with Crippen LogP contribution >= 0.6 is 0 Å². The van der Waals surface area contributed by atoms with E-state index in [2.05, 4.69) is 4.99 Å². The lowest BCUT2D eigenvalue weighted by Crippen LogP contribution is -2.05. The number of benzene rings is 2. The van der Waals surface area contributed by atoms with Gasteiger partial charge in [0.2, 0.25) is 5.90 Å². The van der Waals surface area contributed by atoms with E-state index in [4.69, 9.17) is 9.15 Å². The third kappa shape index (κ3) is 3.19. The fourth-order valence-electron chi connectivity index (χ4n) is 2.59. The molecule has 0 spiro atoms. The summed E-state index contributed by atoms with van der Waals surface area (Å²) in [5, 5.41) is 0. The molecule has 0 fully saturated rings. The Labute approximate surface area is 149 Å². The first-order valence-electron chi connectivity index (χ1n) is 8.04. The Kier molecular flexibility index (Phi) is 3.97. The summed E-state index contributed by atoms with van der Waals surface area (Å²) in [5.74, 6) is 0.227. The van der Waals surface area contributed by atoms with E-state index < -0.39 is 11.8 Å². The van der Waals surface area contributed by atoms with E-state index in [-0.39, 0.29) is 11.6 Å². The molecule has 4 nitrogen and oxygen atoms in total. The molecule has 2 aromatic carbocycles. The number of ether oxygens (including phenoxy) is 1. The van der Waals surface area contributed by atoms with Crippen LogP contribution in [0.1, 0.15) is 16.9 Å². The first-order chi connectivity index (χ1) is 12.6. The van der Waals surface area contributed by atoms with Gasteiger partial charge in [-0.05, 0) is 37.3 Å². The first-order valence-corrected chi connectivity index (χ1v) is 8.04. The zero-order valence-corrected chi connectivity index (χ0v) is 13.9. The second kappa shape index (κ2) is 6.44. The van der Waals surface area contributed by atoms with E-state index in [1.54, 1.807) is 12.1 Å². The lowest BCUT2D eigenvalue weighted by atomic mass is 10.1. The predicted octanol–water partition coefficient (Wildman–Crippen LogP) is 4.74. The maximum Gasteiger partial charge on any atom is 0.363 e. The maximum absolute atomic E-state index is 13.3. The molecule has 0 aliphatic carbocycles. The summed E-state index contributed by atoms with van der Waals surface area (Å²) in [6.07, 6.45) is 1.51. The van der Waals surface area contributed by atoms with Crippen molar-refractivity contribution in [3.05, 3.63) is 89.1 Å². The van der Waals surface area contributed by atoms with Gasteiger partial charge >= 0.3 is 5.97 Å². The number of hydrogen-bond acceptors (Lipinski definition) is 4. The van der Waals surface area contributed by atoms with Gasteiger partial charge in [-0.15, -0.1) is 0 Å². The Bertz CT molecular complexity index is 1050. The van der Waals surface area contributed by atoms with Crippen LogP contribution in [0, 0.1) is 12.7 Å². The topological polar surface area (TPSA) is 51.8 Å². The van der Waals surface area contributed by atoms with E-state index in [1.165, 1.54) is 24.3 Å². The van der Waals surface area contributed by atoms with Crippen LogP contribution in [0.5, 0.6) is 0 Å². The fourth-order valence-corrected chi connectivity index (χ4v) is 2.59. The highest BCUT2D eigenvalue weighted by Crippen LogP contribution is 2.25. The molecular weight excluding hydrogens is 333 g/mol. The Morgan fingerprint density at radius 2 is 1.81 bits per heavy atom.